The number of ketones is 1. The summed E-state index contributed by atoms with van der Waals surface area (Å²) < 4.78 is 0. The van der Waals surface area contributed by atoms with Crippen molar-refractivity contribution in [2.24, 2.45) is 0 Å². The van der Waals surface area contributed by atoms with Crippen LogP contribution in [0.3, 0.4) is 0 Å². The summed E-state index contributed by atoms with van der Waals surface area (Å²) in [7, 11) is 0. The minimum Gasteiger partial charge on any atom is -0.390 e. The predicted molar refractivity (Wildman–Crippen MR) is 85.8 cm³/mol. The van der Waals surface area contributed by atoms with E-state index >= 15 is 0 Å². The Bertz CT molecular complexity index is 598. The minimum atomic E-state index is -1.10. The maximum atomic E-state index is 12.5. The van der Waals surface area contributed by atoms with Crippen LogP contribution in [-0.2, 0) is 0 Å². The maximum absolute atomic E-state index is 12.5. The fourth-order valence-corrected chi connectivity index (χ4v) is 2.47. The largest absolute Gasteiger partial charge is 0.390 e. The molecule has 0 heterocycles. The van der Waals surface area contributed by atoms with Crippen LogP contribution in [0.2, 0.25) is 0 Å². The molecule has 0 aromatic heterocycles. The molecule has 0 aliphatic rings. The van der Waals surface area contributed by atoms with Gasteiger partial charge in [-0.2, -0.15) is 12.6 Å². The lowest BCUT2D eigenvalue weighted by atomic mass is 9.92. The van der Waals surface area contributed by atoms with Crippen LogP contribution in [0.25, 0.3) is 0 Å². The molecule has 21 heavy (non-hydrogen) atoms. The summed E-state index contributed by atoms with van der Waals surface area (Å²) in [6.45, 7) is 0. The Labute approximate surface area is 129 Å². The molecule has 2 unspecified atom stereocenters. The molecule has 4 heteroatoms. The van der Waals surface area contributed by atoms with Crippen LogP contribution < -0.4 is 0 Å². The van der Waals surface area contributed by atoms with E-state index in [4.69, 9.17) is 0 Å². The molecule has 2 aromatic rings. The highest BCUT2D eigenvalue weighted by Gasteiger charge is 2.23. The van der Waals surface area contributed by atoms with E-state index in [1.54, 1.807) is 48.5 Å². The minimum absolute atomic E-state index is 0.164. The van der Waals surface area contributed by atoms with E-state index < -0.39 is 12.2 Å². The van der Waals surface area contributed by atoms with Crippen LogP contribution >= 0.6 is 12.6 Å². The molecule has 0 fully saturated rings. The summed E-state index contributed by atoms with van der Waals surface area (Å²) in [4.78, 5) is 12.5. The van der Waals surface area contributed by atoms with Crippen LogP contribution in [-0.4, -0.2) is 27.9 Å². The molecule has 0 saturated heterocycles. The summed E-state index contributed by atoms with van der Waals surface area (Å²) in [6.07, 6.45) is -1.67. The standard InChI is InChI=1S/C17H18O3S/c18-15(10-11-21)17(20)14-9-5-4-8-13(14)16(19)12-6-2-1-3-7-12/h1-9,15,17-18,20-21H,10-11H2. The number of carbonyl (C=O) groups is 1. The Morgan fingerprint density at radius 1 is 1.00 bits per heavy atom. The summed E-state index contributed by atoms with van der Waals surface area (Å²) in [5.41, 5.74) is 1.41. The molecule has 2 N–H and O–H groups in total. The molecule has 2 aromatic carbocycles. The highest BCUT2D eigenvalue weighted by atomic mass is 32.1. The van der Waals surface area contributed by atoms with Gasteiger partial charge in [-0.1, -0.05) is 54.6 Å². The first-order chi connectivity index (χ1) is 10.1. The molecule has 3 nitrogen and oxygen atoms in total. The second-order valence-electron chi connectivity index (χ2n) is 4.81. The topological polar surface area (TPSA) is 57.5 Å². The summed E-state index contributed by atoms with van der Waals surface area (Å²) in [5.74, 6) is 0.302. The number of hydrogen-bond donors (Lipinski definition) is 3. The van der Waals surface area contributed by atoms with Crippen LogP contribution in [0.15, 0.2) is 54.6 Å². The van der Waals surface area contributed by atoms with E-state index in [1.165, 1.54) is 0 Å². The van der Waals surface area contributed by atoms with Crippen molar-refractivity contribution in [2.75, 3.05) is 5.75 Å². The quantitative estimate of drug-likeness (QED) is 0.568. The molecule has 2 atom stereocenters. The number of carbonyl (C=O) groups excluding carboxylic acids is 1. The zero-order valence-electron chi connectivity index (χ0n) is 11.5. The van der Waals surface area contributed by atoms with E-state index in [0.29, 0.717) is 28.9 Å². The van der Waals surface area contributed by atoms with E-state index in [1.807, 2.05) is 6.07 Å². The third-order valence-corrected chi connectivity index (χ3v) is 3.61. The fraction of sp³-hybridized carbons (Fsp3) is 0.235. The predicted octanol–water partition coefficient (Wildman–Crippen LogP) is 2.63. The fourth-order valence-electron chi connectivity index (χ4n) is 2.20. The Kier molecular flexibility index (Phi) is 5.56. The Balaban J connectivity index is 2.35. The van der Waals surface area contributed by atoms with E-state index in [9.17, 15) is 15.0 Å². The average molecular weight is 302 g/mol. The average Bonchev–Trinajstić information content (AvgIpc) is 2.54. The second-order valence-corrected chi connectivity index (χ2v) is 5.25. The van der Waals surface area contributed by atoms with Gasteiger partial charge in [0.1, 0.15) is 6.10 Å². The SMILES string of the molecule is O=C(c1ccccc1)c1ccccc1C(O)C(O)CCS. The van der Waals surface area contributed by atoms with Gasteiger partial charge in [0.2, 0.25) is 0 Å². The number of rotatable bonds is 6. The first kappa shape index (κ1) is 15.8. The van der Waals surface area contributed by atoms with Gasteiger partial charge in [0.15, 0.2) is 5.78 Å². The second kappa shape index (κ2) is 7.41. The van der Waals surface area contributed by atoms with Crippen LogP contribution in [0, 0.1) is 0 Å². The van der Waals surface area contributed by atoms with Crippen molar-refractivity contribution >= 4 is 18.4 Å². The Morgan fingerprint density at radius 3 is 2.29 bits per heavy atom. The number of aliphatic hydroxyl groups is 2. The van der Waals surface area contributed by atoms with Gasteiger partial charge in [0.05, 0.1) is 6.10 Å². The number of aliphatic hydroxyl groups excluding tert-OH is 2. The smallest absolute Gasteiger partial charge is 0.193 e. The van der Waals surface area contributed by atoms with Crippen molar-refractivity contribution in [3.63, 3.8) is 0 Å². The zero-order valence-corrected chi connectivity index (χ0v) is 12.4. The highest BCUT2D eigenvalue weighted by Crippen LogP contribution is 2.25. The van der Waals surface area contributed by atoms with E-state index in [0.717, 1.165) is 0 Å². The molecule has 0 bridgehead atoms. The number of hydrogen-bond acceptors (Lipinski definition) is 4. The first-order valence-electron chi connectivity index (χ1n) is 6.81. The third-order valence-electron chi connectivity index (χ3n) is 3.35. The summed E-state index contributed by atoms with van der Waals surface area (Å²) in [5, 5.41) is 20.2. The summed E-state index contributed by atoms with van der Waals surface area (Å²) >= 11 is 4.05. The highest BCUT2D eigenvalue weighted by molar-refractivity contribution is 7.80. The van der Waals surface area contributed by atoms with Gasteiger partial charge in [0.25, 0.3) is 0 Å². The van der Waals surface area contributed by atoms with Crippen LogP contribution in [0.4, 0.5) is 0 Å². The van der Waals surface area contributed by atoms with E-state index in [-0.39, 0.29) is 5.78 Å². The van der Waals surface area contributed by atoms with Gasteiger partial charge >= 0.3 is 0 Å². The molecule has 0 radical (unpaired) electrons. The number of benzene rings is 2. The Morgan fingerprint density at radius 2 is 1.62 bits per heavy atom. The maximum Gasteiger partial charge on any atom is 0.193 e. The molecule has 2 rings (SSSR count). The molecular formula is C17H18O3S. The van der Waals surface area contributed by atoms with Crippen molar-refractivity contribution in [1.29, 1.82) is 0 Å². The lowest BCUT2D eigenvalue weighted by Crippen LogP contribution is -2.21. The van der Waals surface area contributed by atoms with Crippen molar-refractivity contribution in [3.05, 3.63) is 71.3 Å². The monoisotopic (exact) mass is 302 g/mol. The lowest BCUT2D eigenvalue weighted by Gasteiger charge is -2.20. The van der Waals surface area contributed by atoms with Crippen LogP contribution in [0.5, 0.6) is 0 Å². The molecule has 0 spiro atoms. The van der Waals surface area contributed by atoms with Crippen molar-refractivity contribution in [2.45, 2.75) is 18.6 Å². The zero-order chi connectivity index (χ0) is 15.2. The normalized spacial score (nSPS) is 13.7. The van der Waals surface area contributed by atoms with Gasteiger partial charge in [-0.05, 0) is 17.7 Å². The van der Waals surface area contributed by atoms with Gasteiger partial charge in [0, 0.05) is 11.1 Å². The first-order valence-corrected chi connectivity index (χ1v) is 7.44. The molecule has 0 aliphatic heterocycles. The van der Waals surface area contributed by atoms with Crippen LogP contribution in [0.1, 0.15) is 34.0 Å². The molecule has 0 amide bonds. The Hall–Kier alpha value is -1.62. The molecule has 0 saturated carbocycles. The van der Waals surface area contributed by atoms with Gasteiger partial charge in [-0.25, -0.2) is 0 Å². The van der Waals surface area contributed by atoms with E-state index in [2.05, 4.69) is 12.6 Å². The molecule has 0 aliphatic carbocycles. The molecule has 110 valence electrons. The van der Waals surface area contributed by atoms with Crippen molar-refractivity contribution in [1.82, 2.24) is 0 Å². The summed E-state index contributed by atoms with van der Waals surface area (Å²) in [6, 6.07) is 15.7. The third kappa shape index (κ3) is 3.73. The van der Waals surface area contributed by atoms with Crippen molar-refractivity contribution in [3.8, 4) is 0 Å². The molecular weight excluding hydrogens is 284 g/mol. The van der Waals surface area contributed by atoms with Crippen molar-refractivity contribution < 1.29 is 15.0 Å². The van der Waals surface area contributed by atoms with Gasteiger partial charge < -0.3 is 10.2 Å². The van der Waals surface area contributed by atoms with Gasteiger partial charge in [-0.15, -0.1) is 0 Å². The van der Waals surface area contributed by atoms with Gasteiger partial charge in [-0.3, -0.25) is 4.79 Å². The lowest BCUT2D eigenvalue weighted by molar-refractivity contribution is 0.0168. The number of thiol groups is 1.